The van der Waals surface area contributed by atoms with Crippen molar-refractivity contribution in [3.05, 3.63) is 70.1 Å². The molecule has 2 heterocycles. The number of carbonyl (C=O) groups excluding carboxylic acids is 2. The molecule has 27 heavy (non-hydrogen) atoms. The van der Waals surface area contributed by atoms with Crippen molar-refractivity contribution in [1.29, 1.82) is 0 Å². The number of hydrogen-bond acceptors (Lipinski definition) is 5. The molecule has 3 N–H and O–H groups in total. The summed E-state index contributed by atoms with van der Waals surface area (Å²) in [4.78, 5) is 28.7. The Morgan fingerprint density at radius 1 is 1.41 bits per heavy atom. The number of rotatable bonds is 5. The number of amides is 2. The van der Waals surface area contributed by atoms with Crippen molar-refractivity contribution in [2.75, 3.05) is 6.61 Å². The van der Waals surface area contributed by atoms with Crippen molar-refractivity contribution in [2.24, 2.45) is 16.6 Å². The maximum atomic E-state index is 12.9. The molecule has 0 bridgehead atoms. The zero-order valence-corrected chi connectivity index (χ0v) is 15.5. The molecule has 0 spiro atoms. The number of carbonyl (C=O) groups is 2. The van der Waals surface area contributed by atoms with Gasteiger partial charge in [0.05, 0.1) is 16.6 Å². The highest BCUT2D eigenvalue weighted by atomic mass is 35.5. The van der Waals surface area contributed by atoms with Crippen molar-refractivity contribution in [2.45, 2.75) is 6.23 Å². The van der Waals surface area contributed by atoms with Gasteiger partial charge in [0.2, 0.25) is 17.9 Å². The van der Waals surface area contributed by atoms with Gasteiger partial charge < -0.3 is 20.5 Å². The first-order valence-electron chi connectivity index (χ1n) is 7.87. The van der Waals surface area contributed by atoms with Gasteiger partial charge in [-0.2, -0.15) is 0 Å². The number of hydrogen-bond donors (Lipinski definition) is 2. The van der Waals surface area contributed by atoms with E-state index in [-0.39, 0.29) is 28.6 Å². The highest BCUT2D eigenvalue weighted by molar-refractivity contribution is 6.37. The van der Waals surface area contributed by atoms with Crippen LogP contribution < -0.4 is 11.1 Å². The van der Waals surface area contributed by atoms with E-state index in [2.05, 4.69) is 16.9 Å². The summed E-state index contributed by atoms with van der Waals surface area (Å²) in [6, 6.07) is 3.63. The molecule has 140 valence electrons. The Kier molecular flexibility index (Phi) is 5.53. The fraction of sp³-hybridized carbons (Fsp3) is 0.167. The number of Topliss-reactive ketones (excluding diaryl/α,β-unsaturated/α-hetero) is 1. The molecule has 1 aromatic carbocycles. The second-order valence-corrected chi connectivity index (χ2v) is 6.49. The summed E-state index contributed by atoms with van der Waals surface area (Å²) < 4.78 is 11.1. The molecule has 2 amide bonds. The van der Waals surface area contributed by atoms with Gasteiger partial charge in [0.1, 0.15) is 6.61 Å². The maximum Gasteiger partial charge on any atom is 0.316 e. The van der Waals surface area contributed by atoms with Gasteiger partial charge in [-0.25, -0.2) is 9.79 Å². The molecule has 0 radical (unpaired) electrons. The lowest BCUT2D eigenvalue weighted by Gasteiger charge is -2.19. The van der Waals surface area contributed by atoms with Gasteiger partial charge in [0.15, 0.2) is 5.76 Å². The van der Waals surface area contributed by atoms with E-state index < -0.39 is 24.0 Å². The lowest BCUT2D eigenvalue weighted by atomic mass is 10.00. The number of nitrogens with one attached hydrogen (secondary N) is 1. The average Bonchev–Trinajstić information content (AvgIpc) is 2.96. The molecule has 0 fully saturated rings. The third-order valence-corrected chi connectivity index (χ3v) is 4.36. The van der Waals surface area contributed by atoms with Crippen molar-refractivity contribution in [1.82, 2.24) is 5.32 Å². The van der Waals surface area contributed by atoms with Crippen molar-refractivity contribution >= 4 is 40.9 Å². The topological polar surface area (TPSA) is 103 Å². The van der Waals surface area contributed by atoms with E-state index in [0.717, 1.165) is 0 Å². The van der Waals surface area contributed by atoms with Crippen LogP contribution in [-0.2, 0) is 9.47 Å². The first-order valence-corrected chi connectivity index (χ1v) is 8.63. The first-order chi connectivity index (χ1) is 12.9. The van der Waals surface area contributed by atoms with E-state index in [1.165, 1.54) is 18.2 Å². The van der Waals surface area contributed by atoms with Gasteiger partial charge in [0.25, 0.3) is 0 Å². The van der Waals surface area contributed by atoms with Gasteiger partial charge in [0, 0.05) is 10.6 Å². The van der Waals surface area contributed by atoms with Crippen LogP contribution in [0.5, 0.6) is 0 Å². The Hall–Kier alpha value is -2.77. The van der Waals surface area contributed by atoms with E-state index in [0.29, 0.717) is 10.9 Å². The van der Waals surface area contributed by atoms with Gasteiger partial charge in [-0.05, 0) is 24.3 Å². The highest BCUT2D eigenvalue weighted by Crippen LogP contribution is 2.36. The number of aliphatic imine (C=N–C) groups is 1. The molecular weight excluding hydrogens is 393 g/mol. The Morgan fingerprint density at radius 2 is 2.19 bits per heavy atom. The number of nitrogens with zero attached hydrogens (tertiary/aromatic N) is 1. The normalized spacial score (nSPS) is 20.4. The maximum absolute atomic E-state index is 12.9. The lowest BCUT2D eigenvalue weighted by molar-refractivity contribution is 0.0824. The highest BCUT2D eigenvalue weighted by Gasteiger charge is 2.41. The molecule has 2 aliphatic heterocycles. The van der Waals surface area contributed by atoms with Crippen LogP contribution in [0.15, 0.2) is 59.5 Å². The molecule has 0 aromatic heterocycles. The van der Waals surface area contributed by atoms with Gasteiger partial charge in [-0.15, -0.1) is 0 Å². The molecule has 1 aromatic rings. The van der Waals surface area contributed by atoms with Crippen LogP contribution in [0.3, 0.4) is 0 Å². The summed E-state index contributed by atoms with van der Waals surface area (Å²) in [7, 11) is 0. The first kappa shape index (κ1) is 19.0. The van der Waals surface area contributed by atoms with E-state index in [1.807, 2.05) is 0 Å². The number of nitrogens with two attached hydrogens (primary N) is 1. The standard InChI is InChI=1S/C18H15Cl2N3O4/c1-2-7-26-13-6-5-11-14(23-18(21)25)16(27-17(11)22-13)15(24)10-4-3-9(19)8-12(10)20/h2-6,8,11,17H,1,7H2,(H3,21,23,25). The second-order valence-electron chi connectivity index (χ2n) is 5.65. The van der Waals surface area contributed by atoms with Crippen LogP contribution in [0.2, 0.25) is 10.0 Å². The molecular formula is C18H15Cl2N3O4. The number of urea groups is 1. The number of benzene rings is 1. The molecule has 0 saturated heterocycles. The minimum atomic E-state index is -0.826. The third-order valence-electron chi connectivity index (χ3n) is 3.81. The van der Waals surface area contributed by atoms with Gasteiger partial charge in [-0.1, -0.05) is 41.9 Å². The summed E-state index contributed by atoms with van der Waals surface area (Å²) in [5.41, 5.74) is 5.64. The number of dihydropyridines is 1. The van der Waals surface area contributed by atoms with Gasteiger partial charge in [-0.3, -0.25) is 4.79 Å². The smallest absolute Gasteiger partial charge is 0.316 e. The fourth-order valence-corrected chi connectivity index (χ4v) is 3.17. The zero-order chi connectivity index (χ0) is 19.6. The van der Waals surface area contributed by atoms with Crippen molar-refractivity contribution in [3.63, 3.8) is 0 Å². The number of ketones is 1. The summed E-state index contributed by atoms with van der Waals surface area (Å²) in [6.07, 6.45) is 4.14. The monoisotopic (exact) mass is 407 g/mol. The Bertz CT molecular complexity index is 908. The molecule has 7 nitrogen and oxygen atoms in total. The molecule has 0 aliphatic carbocycles. The van der Waals surface area contributed by atoms with Crippen molar-refractivity contribution in [3.8, 4) is 0 Å². The molecule has 2 aliphatic rings. The van der Waals surface area contributed by atoms with E-state index >= 15 is 0 Å². The average molecular weight is 408 g/mol. The van der Waals surface area contributed by atoms with Crippen LogP contribution in [-0.4, -0.2) is 30.5 Å². The summed E-state index contributed by atoms with van der Waals surface area (Å²) in [6.45, 7) is 3.84. The lowest BCUT2D eigenvalue weighted by Crippen LogP contribution is -2.33. The Labute approximate surface area is 165 Å². The zero-order valence-electron chi connectivity index (χ0n) is 13.9. The van der Waals surface area contributed by atoms with Crippen LogP contribution in [0.25, 0.3) is 0 Å². The van der Waals surface area contributed by atoms with E-state index in [4.69, 9.17) is 38.4 Å². The molecule has 0 saturated carbocycles. The molecule has 2 unspecified atom stereocenters. The van der Waals surface area contributed by atoms with Gasteiger partial charge >= 0.3 is 6.03 Å². The largest absolute Gasteiger partial charge is 0.474 e. The molecule has 2 atom stereocenters. The Morgan fingerprint density at radius 3 is 2.85 bits per heavy atom. The van der Waals surface area contributed by atoms with E-state index in [1.54, 1.807) is 18.2 Å². The van der Waals surface area contributed by atoms with Crippen LogP contribution >= 0.6 is 23.2 Å². The summed E-state index contributed by atoms with van der Waals surface area (Å²) in [5, 5.41) is 3.00. The predicted octanol–water partition coefficient (Wildman–Crippen LogP) is 3.20. The molecule has 3 rings (SSSR count). The number of ether oxygens (including phenoxy) is 2. The predicted molar refractivity (Wildman–Crippen MR) is 102 cm³/mol. The quantitative estimate of drug-likeness (QED) is 0.577. The number of halogens is 2. The minimum Gasteiger partial charge on any atom is -0.474 e. The third kappa shape index (κ3) is 3.99. The van der Waals surface area contributed by atoms with E-state index in [9.17, 15) is 9.59 Å². The number of fused-ring (bicyclic) bond motifs is 1. The fourth-order valence-electron chi connectivity index (χ4n) is 2.68. The SMILES string of the molecule is C=CCOC1=NC2OC(C(=O)c3ccc(Cl)cc3Cl)=C(NC(N)=O)C2C=C1. The Balaban J connectivity index is 1.95. The molecule has 9 heteroatoms. The summed E-state index contributed by atoms with van der Waals surface area (Å²) >= 11 is 12.0. The van der Waals surface area contributed by atoms with Crippen LogP contribution in [0, 0.1) is 5.92 Å². The summed E-state index contributed by atoms with van der Waals surface area (Å²) in [5.74, 6) is -0.787. The van der Waals surface area contributed by atoms with Crippen molar-refractivity contribution < 1.29 is 19.1 Å². The minimum absolute atomic E-state index is 0.0913. The van der Waals surface area contributed by atoms with Crippen LogP contribution in [0.1, 0.15) is 10.4 Å². The second kappa shape index (κ2) is 7.85. The van der Waals surface area contributed by atoms with Crippen LogP contribution in [0.4, 0.5) is 4.79 Å². The number of primary amides is 1. The number of allylic oxidation sites excluding steroid dienone is 1.